The highest BCUT2D eigenvalue weighted by atomic mass is 79.9. The van der Waals surface area contributed by atoms with Crippen molar-refractivity contribution < 1.29 is 9.59 Å². The number of aromatic amines is 1. The number of nitrogens with two attached hydrogens (primary N) is 2. The standard InChI is InChI=1S/C12H11BrN4O2/c13-7-3-1-6(2-4-7)9-5-8(10(14)18)11(16-9)17-12(15)19/h1-5,16H,(H2,14,18)(H3,15,17,19). The fourth-order valence-corrected chi connectivity index (χ4v) is 1.92. The third kappa shape index (κ3) is 2.94. The minimum atomic E-state index is -0.772. The lowest BCUT2D eigenvalue weighted by Crippen LogP contribution is -2.22. The Labute approximate surface area is 117 Å². The second kappa shape index (κ2) is 5.15. The summed E-state index contributed by atoms with van der Waals surface area (Å²) >= 11 is 3.34. The summed E-state index contributed by atoms with van der Waals surface area (Å²) in [5.41, 5.74) is 12.0. The van der Waals surface area contributed by atoms with Crippen LogP contribution in [0.3, 0.4) is 0 Å². The monoisotopic (exact) mass is 322 g/mol. The van der Waals surface area contributed by atoms with Gasteiger partial charge < -0.3 is 16.5 Å². The fraction of sp³-hybridized carbons (Fsp3) is 0. The number of hydrogen-bond donors (Lipinski definition) is 4. The first-order valence-electron chi connectivity index (χ1n) is 5.32. The quantitative estimate of drug-likeness (QED) is 0.692. The van der Waals surface area contributed by atoms with Crippen LogP contribution in [0.2, 0.25) is 0 Å². The summed E-state index contributed by atoms with van der Waals surface area (Å²) in [6.07, 6.45) is 0. The van der Waals surface area contributed by atoms with Crippen molar-refractivity contribution in [3.8, 4) is 11.3 Å². The smallest absolute Gasteiger partial charge is 0.317 e. The van der Waals surface area contributed by atoms with E-state index in [2.05, 4.69) is 26.2 Å². The normalized spacial score (nSPS) is 10.2. The maximum Gasteiger partial charge on any atom is 0.317 e. The van der Waals surface area contributed by atoms with Gasteiger partial charge in [0, 0.05) is 10.2 Å². The number of hydrogen-bond acceptors (Lipinski definition) is 2. The van der Waals surface area contributed by atoms with E-state index in [1.54, 1.807) is 6.07 Å². The molecule has 0 aliphatic rings. The van der Waals surface area contributed by atoms with Crippen molar-refractivity contribution in [2.75, 3.05) is 5.32 Å². The molecule has 0 saturated heterocycles. The molecule has 0 spiro atoms. The fourth-order valence-electron chi connectivity index (χ4n) is 1.66. The van der Waals surface area contributed by atoms with Crippen molar-refractivity contribution >= 4 is 33.7 Å². The number of nitrogens with one attached hydrogen (secondary N) is 2. The number of H-pyrrole nitrogens is 1. The van der Waals surface area contributed by atoms with E-state index in [0.29, 0.717) is 5.69 Å². The maximum absolute atomic E-state index is 11.3. The minimum absolute atomic E-state index is 0.178. The Hall–Kier alpha value is -2.28. The maximum atomic E-state index is 11.3. The highest BCUT2D eigenvalue weighted by Crippen LogP contribution is 2.26. The van der Waals surface area contributed by atoms with Gasteiger partial charge in [-0.25, -0.2) is 4.79 Å². The van der Waals surface area contributed by atoms with Gasteiger partial charge in [0.05, 0.1) is 5.56 Å². The number of amides is 3. The first-order valence-corrected chi connectivity index (χ1v) is 6.12. The Bertz CT molecular complexity index is 634. The molecule has 1 heterocycles. The average molecular weight is 323 g/mol. The molecule has 3 amide bonds. The summed E-state index contributed by atoms with van der Waals surface area (Å²) in [7, 11) is 0. The molecule has 0 aliphatic heterocycles. The summed E-state index contributed by atoms with van der Waals surface area (Å²) in [5, 5.41) is 2.33. The average Bonchev–Trinajstić information content (AvgIpc) is 2.73. The van der Waals surface area contributed by atoms with Crippen LogP contribution in [-0.4, -0.2) is 16.9 Å². The van der Waals surface area contributed by atoms with Crippen LogP contribution >= 0.6 is 15.9 Å². The zero-order valence-electron chi connectivity index (χ0n) is 9.74. The molecule has 2 aromatic rings. The molecule has 6 N–H and O–H groups in total. The lowest BCUT2D eigenvalue weighted by atomic mass is 10.1. The molecule has 0 bridgehead atoms. The lowest BCUT2D eigenvalue weighted by molar-refractivity contribution is 0.100. The van der Waals surface area contributed by atoms with E-state index in [1.165, 1.54) is 0 Å². The number of primary amides is 2. The molecule has 0 atom stereocenters. The van der Waals surface area contributed by atoms with E-state index in [0.717, 1.165) is 10.0 Å². The summed E-state index contributed by atoms with van der Waals surface area (Å²) in [6.45, 7) is 0. The number of halogens is 1. The molecule has 98 valence electrons. The number of carbonyl (C=O) groups excluding carboxylic acids is 2. The number of carbonyl (C=O) groups is 2. The number of benzene rings is 1. The van der Waals surface area contributed by atoms with Crippen molar-refractivity contribution in [3.63, 3.8) is 0 Å². The van der Waals surface area contributed by atoms with Crippen molar-refractivity contribution in [1.82, 2.24) is 4.98 Å². The lowest BCUT2D eigenvalue weighted by Gasteiger charge is -2.00. The van der Waals surface area contributed by atoms with Crippen LogP contribution in [0.1, 0.15) is 10.4 Å². The van der Waals surface area contributed by atoms with Crippen molar-refractivity contribution in [2.45, 2.75) is 0 Å². The molecule has 19 heavy (non-hydrogen) atoms. The van der Waals surface area contributed by atoms with E-state index < -0.39 is 11.9 Å². The Morgan fingerprint density at radius 3 is 2.32 bits per heavy atom. The summed E-state index contributed by atoms with van der Waals surface area (Å²) < 4.78 is 0.938. The van der Waals surface area contributed by atoms with Crippen LogP contribution in [-0.2, 0) is 0 Å². The molecule has 1 aromatic heterocycles. The molecular formula is C12H11BrN4O2. The van der Waals surface area contributed by atoms with Gasteiger partial charge in [-0.2, -0.15) is 0 Å². The van der Waals surface area contributed by atoms with Gasteiger partial charge in [-0.3, -0.25) is 10.1 Å². The van der Waals surface area contributed by atoms with Crippen LogP contribution < -0.4 is 16.8 Å². The topological polar surface area (TPSA) is 114 Å². The van der Waals surface area contributed by atoms with Gasteiger partial charge in [-0.1, -0.05) is 28.1 Å². The molecule has 7 heteroatoms. The van der Waals surface area contributed by atoms with E-state index in [4.69, 9.17) is 11.5 Å². The SMILES string of the molecule is NC(=O)Nc1[nH]c(-c2ccc(Br)cc2)cc1C(N)=O. The van der Waals surface area contributed by atoms with Crippen LogP contribution in [0, 0.1) is 0 Å². The molecule has 1 aromatic carbocycles. The van der Waals surface area contributed by atoms with Crippen molar-refractivity contribution in [2.24, 2.45) is 11.5 Å². The molecule has 6 nitrogen and oxygen atoms in total. The largest absolute Gasteiger partial charge is 0.365 e. The van der Waals surface area contributed by atoms with Gasteiger partial charge in [0.1, 0.15) is 5.82 Å². The third-order valence-electron chi connectivity index (χ3n) is 2.49. The van der Waals surface area contributed by atoms with Gasteiger partial charge in [-0.15, -0.1) is 0 Å². The van der Waals surface area contributed by atoms with Crippen LogP contribution in [0.25, 0.3) is 11.3 Å². The van der Waals surface area contributed by atoms with Gasteiger partial charge in [0.15, 0.2) is 0 Å². The Morgan fingerprint density at radius 1 is 1.16 bits per heavy atom. The third-order valence-corrected chi connectivity index (χ3v) is 3.02. The Kier molecular flexibility index (Phi) is 3.57. The zero-order valence-corrected chi connectivity index (χ0v) is 11.3. The first kappa shape index (κ1) is 13.2. The van der Waals surface area contributed by atoms with Gasteiger partial charge in [-0.05, 0) is 23.8 Å². The number of aromatic nitrogens is 1. The van der Waals surface area contributed by atoms with E-state index in [9.17, 15) is 9.59 Å². The highest BCUT2D eigenvalue weighted by Gasteiger charge is 2.15. The van der Waals surface area contributed by atoms with E-state index >= 15 is 0 Å². The first-order chi connectivity index (χ1) is 8.97. The van der Waals surface area contributed by atoms with Crippen LogP contribution in [0.15, 0.2) is 34.8 Å². The predicted molar refractivity (Wildman–Crippen MR) is 75.7 cm³/mol. The van der Waals surface area contributed by atoms with Crippen molar-refractivity contribution in [1.29, 1.82) is 0 Å². The number of rotatable bonds is 3. The zero-order chi connectivity index (χ0) is 14.0. The molecule has 2 rings (SSSR count). The van der Waals surface area contributed by atoms with Crippen LogP contribution in [0.4, 0.5) is 10.6 Å². The van der Waals surface area contributed by atoms with E-state index in [-0.39, 0.29) is 11.4 Å². The Balaban J connectivity index is 2.45. The molecule has 0 unspecified atom stereocenters. The molecule has 0 aliphatic carbocycles. The molecule has 0 fully saturated rings. The molecule has 0 radical (unpaired) electrons. The Morgan fingerprint density at radius 2 is 1.79 bits per heavy atom. The molecular weight excluding hydrogens is 312 g/mol. The number of urea groups is 1. The van der Waals surface area contributed by atoms with Gasteiger partial charge in [0.25, 0.3) is 5.91 Å². The summed E-state index contributed by atoms with van der Waals surface area (Å²) in [4.78, 5) is 25.1. The molecule has 0 saturated carbocycles. The summed E-state index contributed by atoms with van der Waals surface area (Å²) in [5.74, 6) is -0.457. The second-order valence-electron chi connectivity index (χ2n) is 3.83. The van der Waals surface area contributed by atoms with E-state index in [1.807, 2.05) is 24.3 Å². The highest BCUT2D eigenvalue weighted by molar-refractivity contribution is 9.10. The van der Waals surface area contributed by atoms with Crippen molar-refractivity contribution in [3.05, 3.63) is 40.4 Å². The predicted octanol–water partition coefficient (Wildman–Crippen LogP) is 2.03. The second-order valence-corrected chi connectivity index (χ2v) is 4.75. The van der Waals surface area contributed by atoms with Gasteiger partial charge >= 0.3 is 6.03 Å². The van der Waals surface area contributed by atoms with Crippen LogP contribution in [0.5, 0.6) is 0 Å². The van der Waals surface area contributed by atoms with Gasteiger partial charge in [0.2, 0.25) is 0 Å². The minimum Gasteiger partial charge on any atom is -0.365 e. The number of anilines is 1. The summed E-state index contributed by atoms with van der Waals surface area (Å²) in [6, 6.07) is 8.23.